The van der Waals surface area contributed by atoms with Gasteiger partial charge in [-0.2, -0.15) is 0 Å². The Kier molecular flexibility index (Phi) is 8.43. The van der Waals surface area contributed by atoms with Crippen LogP contribution in [-0.4, -0.2) is 55.9 Å². The third-order valence-electron chi connectivity index (χ3n) is 6.03. The zero-order valence-electron chi connectivity index (χ0n) is 19.7. The molecule has 0 fully saturated rings. The monoisotopic (exact) mass is 485 g/mol. The maximum atomic E-state index is 13.3. The largest absolute Gasteiger partial charge is 0.475 e. The third kappa shape index (κ3) is 6.56. The van der Waals surface area contributed by atoms with Crippen LogP contribution in [0.1, 0.15) is 34.5 Å². The number of benzene rings is 2. The number of hydrogen-bond acceptors (Lipinski definition) is 6. The molecule has 2 heterocycles. The molecule has 0 saturated heterocycles. The predicted octanol–water partition coefficient (Wildman–Crippen LogP) is 1.82. The molecule has 2 aromatic heterocycles. The van der Waals surface area contributed by atoms with Crippen molar-refractivity contribution >= 4 is 29.8 Å². The Bertz CT molecular complexity index is 1280. The number of aromatic nitrogens is 3. The molecule has 5 N–H and O–H groups in total. The zero-order valence-corrected chi connectivity index (χ0v) is 19.7. The van der Waals surface area contributed by atoms with Gasteiger partial charge < -0.3 is 25.7 Å². The number of amides is 2. The number of H-pyrrole nitrogens is 1. The van der Waals surface area contributed by atoms with E-state index < -0.39 is 30.9 Å². The van der Waals surface area contributed by atoms with E-state index in [0.717, 1.165) is 28.5 Å². The van der Waals surface area contributed by atoms with Gasteiger partial charge in [0.15, 0.2) is 0 Å². The van der Waals surface area contributed by atoms with Crippen LogP contribution in [-0.2, 0) is 17.6 Å². The average molecular weight is 485 g/mol. The number of fused-ring (bicyclic) bond motifs is 1. The number of nitrogens with zero attached hydrogens (tertiary/aromatic N) is 2. The summed E-state index contributed by atoms with van der Waals surface area (Å²) >= 11 is 0. The van der Waals surface area contributed by atoms with Gasteiger partial charge in [0.2, 0.25) is 5.91 Å². The van der Waals surface area contributed by atoms with Crippen molar-refractivity contribution in [2.45, 2.75) is 37.7 Å². The highest BCUT2D eigenvalue weighted by atomic mass is 16.4. The van der Waals surface area contributed by atoms with Crippen LogP contribution in [0.15, 0.2) is 79.4 Å². The molecule has 184 valence electrons. The molecule has 2 aromatic carbocycles. The van der Waals surface area contributed by atoms with Gasteiger partial charge in [-0.1, -0.05) is 48.5 Å². The number of nitrogens with one attached hydrogen (secondary N) is 3. The van der Waals surface area contributed by atoms with E-state index in [1.165, 1.54) is 18.6 Å². The Labute approximate surface area is 209 Å². The molecule has 0 aliphatic rings. The van der Waals surface area contributed by atoms with Crippen molar-refractivity contribution < 1.29 is 19.6 Å². The number of carbonyl (C=O) groups is 2. The van der Waals surface area contributed by atoms with Crippen molar-refractivity contribution in [3.05, 3.63) is 96.2 Å². The van der Waals surface area contributed by atoms with Gasteiger partial charge in [0.1, 0.15) is 11.7 Å². The summed E-state index contributed by atoms with van der Waals surface area (Å²) in [4.78, 5) is 37.2. The first kappa shape index (κ1) is 25.1. The topological polar surface area (TPSA) is 140 Å². The summed E-state index contributed by atoms with van der Waals surface area (Å²) < 4.78 is 0. The summed E-state index contributed by atoms with van der Waals surface area (Å²) in [5.41, 5.74) is 2.96. The van der Waals surface area contributed by atoms with Crippen LogP contribution in [0.2, 0.25) is 0 Å². The molecule has 0 radical (unpaired) electrons. The molecule has 2 amide bonds. The summed E-state index contributed by atoms with van der Waals surface area (Å²) in [5.74, 6) is -1.95. The van der Waals surface area contributed by atoms with Crippen molar-refractivity contribution in [2.75, 3.05) is 0 Å². The number of rotatable bonds is 11. The molecule has 2 atom stereocenters. The highest BCUT2D eigenvalue weighted by molar-refractivity contribution is 6.43. The Morgan fingerprint density at radius 1 is 1.00 bits per heavy atom. The molecule has 0 spiro atoms. The fourth-order valence-electron chi connectivity index (χ4n) is 4.13. The van der Waals surface area contributed by atoms with E-state index in [9.17, 15) is 19.6 Å². The minimum absolute atomic E-state index is 0.0795. The minimum atomic E-state index is -1.74. The van der Waals surface area contributed by atoms with Crippen molar-refractivity contribution in [1.82, 2.24) is 25.6 Å². The highest BCUT2D eigenvalue weighted by Gasteiger charge is 2.30. The van der Waals surface area contributed by atoms with Crippen LogP contribution in [0.3, 0.4) is 0 Å². The predicted molar refractivity (Wildman–Crippen MR) is 137 cm³/mol. The standard InChI is InChI=1S/C26H28BN5O4/c33-25(32-24(27(35)36)12-6-9-18-7-2-1-3-8-18)22(31-26(34)23-17-28-13-14-29-23)15-19-16-30-21-11-5-4-10-20(19)21/h1-5,7-8,10-11,13-14,16-17,22,24,30,35-36H,6,9,12,15H2,(H,31,34)(H,32,33)/t22-,24+/m1/s1. The van der Waals surface area contributed by atoms with Crippen molar-refractivity contribution in [3.8, 4) is 0 Å². The number of hydrogen-bond donors (Lipinski definition) is 5. The van der Waals surface area contributed by atoms with E-state index in [2.05, 4.69) is 25.6 Å². The lowest BCUT2D eigenvalue weighted by molar-refractivity contribution is -0.123. The first-order chi connectivity index (χ1) is 17.5. The van der Waals surface area contributed by atoms with Gasteiger partial charge in [-0.05, 0) is 36.5 Å². The molecule has 0 bridgehead atoms. The number of aromatic amines is 1. The minimum Gasteiger partial charge on any atom is -0.426 e. The van der Waals surface area contributed by atoms with Gasteiger partial charge in [-0.3, -0.25) is 14.6 Å². The lowest BCUT2D eigenvalue weighted by Gasteiger charge is -2.23. The van der Waals surface area contributed by atoms with Crippen LogP contribution in [0.5, 0.6) is 0 Å². The molecular formula is C26H28BN5O4. The lowest BCUT2D eigenvalue weighted by Crippen LogP contribution is -2.54. The van der Waals surface area contributed by atoms with E-state index in [1.54, 1.807) is 6.20 Å². The first-order valence-corrected chi connectivity index (χ1v) is 11.8. The summed E-state index contributed by atoms with van der Waals surface area (Å²) in [7, 11) is -1.74. The molecular weight excluding hydrogens is 457 g/mol. The van der Waals surface area contributed by atoms with Crippen molar-refractivity contribution in [1.29, 1.82) is 0 Å². The van der Waals surface area contributed by atoms with Crippen molar-refractivity contribution in [2.24, 2.45) is 0 Å². The smallest absolute Gasteiger partial charge is 0.426 e. The van der Waals surface area contributed by atoms with Gasteiger partial charge in [-0.25, -0.2) is 4.98 Å². The van der Waals surface area contributed by atoms with Crippen LogP contribution < -0.4 is 10.6 Å². The molecule has 0 aliphatic heterocycles. The number of carbonyl (C=O) groups excluding carboxylic acids is 2. The van der Waals surface area contributed by atoms with Crippen LogP contribution in [0.25, 0.3) is 10.9 Å². The highest BCUT2D eigenvalue weighted by Crippen LogP contribution is 2.19. The Hall–Kier alpha value is -4.02. The van der Waals surface area contributed by atoms with Gasteiger partial charge in [0.05, 0.1) is 12.1 Å². The first-order valence-electron chi connectivity index (χ1n) is 11.8. The van der Waals surface area contributed by atoms with Gasteiger partial charge in [0.25, 0.3) is 5.91 Å². The molecule has 4 rings (SSSR count). The number of para-hydroxylation sites is 1. The molecule has 36 heavy (non-hydrogen) atoms. The molecule has 4 aromatic rings. The van der Waals surface area contributed by atoms with Crippen LogP contribution in [0.4, 0.5) is 0 Å². The summed E-state index contributed by atoms with van der Waals surface area (Å²) in [6.45, 7) is 0. The zero-order chi connectivity index (χ0) is 25.3. The molecule has 10 heteroatoms. The number of aryl methyl sites for hydroxylation is 1. The Morgan fingerprint density at radius 2 is 1.78 bits per heavy atom. The fourth-order valence-corrected chi connectivity index (χ4v) is 4.13. The van der Waals surface area contributed by atoms with Gasteiger partial charge >= 0.3 is 7.12 Å². The molecule has 0 aliphatic carbocycles. The van der Waals surface area contributed by atoms with E-state index in [-0.39, 0.29) is 12.1 Å². The van der Waals surface area contributed by atoms with Crippen LogP contribution in [0, 0.1) is 0 Å². The maximum Gasteiger partial charge on any atom is 0.475 e. The van der Waals surface area contributed by atoms with E-state index >= 15 is 0 Å². The normalized spacial score (nSPS) is 12.6. The molecule has 9 nitrogen and oxygen atoms in total. The van der Waals surface area contributed by atoms with Crippen LogP contribution >= 0.6 is 0 Å². The van der Waals surface area contributed by atoms with Crippen molar-refractivity contribution in [3.63, 3.8) is 0 Å². The average Bonchev–Trinajstić information content (AvgIpc) is 3.31. The SMILES string of the molecule is O=C(N[C@H](Cc1c[nH]c2ccccc12)C(=O)N[C@@H](CCCc1ccccc1)B(O)O)c1cnccn1. The quantitative estimate of drug-likeness (QED) is 0.205. The van der Waals surface area contributed by atoms with E-state index in [1.807, 2.05) is 54.6 Å². The lowest BCUT2D eigenvalue weighted by atomic mass is 9.76. The Balaban J connectivity index is 1.48. The van der Waals surface area contributed by atoms with Gasteiger partial charge in [-0.15, -0.1) is 0 Å². The summed E-state index contributed by atoms with van der Waals surface area (Å²) in [6, 6.07) is 16.5. The molecule has 0 saturated carbocycles. The summed E-state index contributed by atoms with van der Waals surface area (Å²) in [6.07, 6.45) is 7.91. The second-order valence-electron chi connectivity index (χ2n) is 8.59. The third-order valence-corrected chi connectivity index (χ3v) is 6.03. The Morgan fingerprint density at radius 3 is 2.53 bits per heavy atom. The van der Waals surface area contributed by atoms with E-state index in [4.69, 9.17) is 0 Å². The van der Waals surface area contributed by atoms with Gasteiger partial charge in [0, 0.05) is 35.9 Å². The summed E-state index contributed by atoms with van der Waals surface area (Å²) in [5, 5.41) is 26.2. The molecule has 0 unspecified atom stereocenters. The second kappa shape index (κ2) is 12.1. The fraction of sp³-hybridized carbons (Fsp3) is 0.231. The second-order valence-corrected chi connectivity index (χ2v) is 8.59. The van der Waals surface area contributed by atoms with E-state index in [0.29, 0.717) is 12.8 Å². The maximum absolute atomic E-state index is 13.3.